The van der Waals surface area contributed by atoms with Crippen molar-refractivity contribution in [3.63, 3.8) is 0 Å². The molecule has 3 rings (SSSR count). The van der Waals surface area contributed by atoms with Gasteiger partial charge in [-0.25, -0.2) is 8.42 Å². The predicted octanol–water partition coefficient (Wildman–Crippen LogP) is 1.69. The van der Waals surface area contributed by atoms with Gasteiger partial charge in [0.2, 0.25) is 10.0 Å². The van der Waals surface area contributed by atoms with E-state index in [1.165, 1.54) is 6.42 Å². The predicted molar refractivity (Wildman–Crippen MR) is 94.2 cm³/mol. The largest absolute Gasteiger partial charge is 0.349 e. The van der Waals surface area contributed by atoms with Gasteiger partial charge in [0.1, 0.15) is 0 Å². The number of benzene rings is 1. The van der Waals surface area contributed by atoms with Crippen LogP contribution in [0.3, 0.4) is 0 Å². The van der Waals surface area contributed by atoms with Gasteiger partial charge in [-0.1, -0.05) is 18.6 Å². The lowest BCUT2D eigenvalue weighted by Crippen LogP contribution is -2.53. The van der Waals surface area contributed by atoms with Gasteiger partial charge < -0.3 is 11.1 Å². The van der Waals surface area contributed by atoms with Gasteiger partial charge in [-0.15, -0.1) is 0 Å². The maximum absolute atomic E-state index is 12.8. The van der Waals surface area contributed by atoms with Crippen molar-refractivity contribution in [1.29, 1.82) is 0 Å². The van der Waals surface area contributed by atoms with Crippen LogP contribution in [0.2, 0.25) is 0 Å². The molecular formula is C17H25N3O3S. The molecule has 0 heterocycles. The first kappa shape index (κ1) is 17.2. The SMILES string of the molecule is CS(=O)(=O)Nc1ccccc1C(=O)NC1C2CCCC1CC(N)C2. The standard InChI is InChI=1S/C17H25N3O3S/c1-24(22,23)20-15-8-3-2-7-14(15)17(21)19-16-11-5-4-6-12(16)10-13(18)9-11/h2-3,7-8,11-13,16,20H,4-6,9-10,18H2,1H3,(H,19,21). The van der Waals surface area contributed by atoms with E-state index in [1.807, 2.05) is 0 Å². The Morgan fingerprint density at radius 2 is 1.79 bits per heavy atom. The number of carbonyl (C=O) groups is 1. The lowest BCUT2D eigenvalue weighted by atomic mass is 9.67. The van der Waals surface area contributed by atoms with Crippen molar-refractivity contribution < 1.29 is 13.2 Å². The first-order valence-electron chi connectivity index (χ1n) is 8.47. The van der Waals surface area contributed by atoms with Crippen LogP contribution in [0.15, 0.2) is 24.3 Å². The van der Waals surface area contributed by atoms with E-state index in [1.54, 1.807) is 24.3 Å². The highest BCUT2D eigenvalue weighted by atomic mass is 32.2. The Hall–Kier alpha value is -1.60. The minimum Gasteiger partial charge on any atom is -0.349 e. The van der Waals surface area contributed by atoms with Crippen LogP contribution in [0.25, 0.3) is 0 Å². The molecular weight excluding hydrogens is 326 g/mol. The van der Waals surface area contributed by atoms with E-state index in [2.05, 4.69) is 10.0 Å². The number of rotatable bonds is 4. The van der Waals surface area contributed by atoms with Gasteiger partial charge in [-0.05, 0) is 49.7 Å². The molecule has 2 aliphatic carbocycles. The van der Waals surface area contributed by atoms with E-state index in [-0.39, 0.29) is 18.0 Å². The van der Waals surface area contributed by atoms with Crippen LogP contribution in [0.4, 0.5) is 5.69 Å². The van der Waals surface area contributed by atoms with Crippen LogP contribution in [-0.4, -0.2) is 32.7 Å². The molecule has 4 N–H and O–H groups in total. The monoisotopic (exact) mass is 351 g/mol. The molecule has 1 aromatic carbocycles. The Bertz CT molecular complexity index is 706. The molecule has 0 spiro atoms. The van der Waals surface area contributed by atoms with Crippen LogP contribution < -0.4 is 15.8 Å². The fourth-order valence-electron chi connectivity index (χ4n) is 4.22. The van der Waals surface area contributed by atoms with Gasteiger partial charge in [0.25, 0.3) is 5.91 Å². The summed E-state index contributed by atoms with van der Waals surface area (Å²) in [6.45, 7) is 0. The maximum Gasteiger partial charge on any atom is 0.253 e. The third-order valence-electron chi connectivity index (χ3n) is 5.14. The summed E-state index contributed by atoms with van der Waals surface area (Å²) in [6, 6.07) is 7.06. The lowest BCUT2D eigenvalue weighted by molar-refractivity contribution is 0.0757. The van der Waals surface area contributed by atoms with Crippen molar-refractivity contribution >= 4 is 21.6 Å². The summed E-state index contributed by atoms with van der Waals surface area (Å²) in [5, 5.41) is 3.15. The average molecular weight is 351 g/mol. The molecule has 2 bridgehead atoms. The topological polar surface area (TPSA) is 101 Å². The number of nitrogens with one attached hydrogen (secondary N) is 2. The molecule has 1 amide bonds. The summed E-state index contributed by atoms with van der Waals surface area (Å²) in [5.74, 6) is 0.622. The first-order valence-corrected chi connectivity index (χ1v) is 10.4. The number of amides is 1. The summed E-state index contributed by atoms with van der Waals surface area (Å²) in [4.78, 5) is 12.8. The van der Waals surface area contributed by atoms with Crippen molar-refractivity contribution in [2.24, 2.45) is 17.6 Å². The highest BCUT2D eigenvalue weighted by molar-refractivity contribution is 7.92. The van der Waals surface area contributed by atoms with E-state index < -0.39 is 10.0 Å². The second-order valence-corrected chi connectivity index (χ2v) is 8.85. The zero-order valence-electron chi connectivity index (χ0n) is 13.9. The third-order valence-corrected chi connectivity index (χ3v) is 5.73. The minimum absolute atomic E-state index is 0.136. The fourth-order valence-corrected chi connectivity index (χ4v) is 4.80. The highest BCUT2D eigenvalue weighted by Crippen LogP contribution is 2.39. The van der Waals surface area contributed by atoms with Crippen molar-refractivity contribution in [2.75, 3.05) is 11.0 Å². The van der Waals surface area contributed by atoms with Crippen molar-refractivity contribution in [2.45, 2.75) is 44.2 Å². The molecule has 132 valence electrons. The molecule has 2 saturated carbocycles. The van der Waals surface area contributed by atoms with Crippen LogP contribution in [0, 0.1) is 11.8 Å². The Kier molecular flexibility index (Phi) is 4.83. The van der Waals surface area contributed by atoms with Gasteiger partial charge in [0, 0.05) is 12.1 Å². The molecule has 2 unspecified atom stereocenters. The molecule has 2 aliphatic rings. The third kappa shape index (κ3) is 3.89. The van der Waals surface area contributed by atoms with Crippen LogP contribution in [0.5, 0.6) is 0 Å². The Labute approximate surface area is 143 Å². The normalized spacial score (nSPS) is 29.8. The molecule has 0 aromatic heterocycles. The smallest absolute Gasteiger partial charge is 0.253 e. The van der Waals surface area contributed by atoms with Crippen LogP contribution in [-0.2, 0) is 10.0 Å². The van der Waals surface area contributed by atoms with Crippen LogP contribution in [0.1, 0.15) is 42.5 Å². The molecule has 0 aliphatic heterocycles. The van der Waals surface area contributed by atoms with E-state index in [0.29, 0.717) is 23.1 Å². The van der Waals surface area contributed by atoms with Gasteiger partial charge in [-0.2, -0.15) is 0 Å². The number of hydrogen-bond donors (Lipinski definition) is 3. The molecule has 0 saturated heterocycles. The number of fused-ring (bicyclic) bond motifs is 2. The van der Waals surface area contributed by atoms with E-state index in [9.17, 15) is 13.2 Å². The molecule has 0 radical (unpaired) electrons. The van der Waals surface area contributed by atoms with Crippen molar-refractivity contribution in [3.05, 3.63) is 29.8 Å². The Morgan fingerprint density at radius 3 is 2.42 bits per heavy atom. The van der Waals surface area contributed by atoms with Crippen LogP contribution >= 0.6 is 0 Å². The average Bonchev–Trinajstić information content (AvgIpc) is 2.47. The number of hydrogen-bond acceptors (Lipinski definition) is 4. The molecule has 2 atom stereocenters. The molecule has 6 nitrogen and oxygen atoms in total. The summed E-state index contributed by atoms with van der Waals surface area (Å²) in [7, 11) is -3.44. The zero-order valence-corrected chi connectivity index (χ0v) is 14.7. The lowest BCUT2D eigenvalue weighted by Gasteiger charge is -2.45. The van der Waals surface area contributed by atoms with E-state index >= 15 is 0 Å². The highest BCUT2D eigenvalue weighted by Gasteiger charge is 2.40. The van der Waals surface area contributed by atoms with Gasteiger partial charge in [0.15, 0.2) is 0 Å². The summed E-state index contributed by atoms with van der Waals surface area (Å²) in [5.41, 5.74) is 6.81. The summed E-state index contributed by atoms with van der Waals surface area (Å²) in [6.07, 6.45) is 6.36. The summed E-state index contributed by atoms with van der Waals surface area (Å²) < 4.78 is 25.4. The Balaban J connectivity index is 1.78. The quantitative estimate of drug-likeness (QED) is 0.768. The molecule has 1 aromatic rings. The second kappa shape index (κ2) is 6.72. The zero-order chi connectivity index (χ0) is 17.3. The van der Waals surface area contributed by atoms with Crippen molar-refractivity contribution in [3.8, 4) is 0 Å². The molecule has 7 heteroatoms. The number of nitrogens with two attached hydrogens (primary N) is 1. The maximum atomic E-state index is 12.8. The van der Waals surface area contributed by atoms with E-state index in [0.717, 1.165) is 31.9 Å². The van der Waals surface area contributed by atoms with Gasteiger partial charge in [0.05, 0.1) is 17.5 Å². The second-order valence-electron chi connectivity index (χ2n) is 7.10. The Morgan fingerprint density at radius 1 is 1.17 bits per heavy atom. The first-order chi connectivity index (χ1) is 11.3. The van der Waals surface area contributed by atoms with Gasteiger partial charge >= 0.3 is 0 Å². The molecule has 24 heavy (non-hydrogen) atoms. The summed E-state index contributed by atoms with van der Waals surface area (Å²) >= 11 is 0. The van der Waals surface area contributed by atoms with Gasteiger partial charge in [-0.3, -0.25) is 9.52 Å². The number of para-hydroxylation sites is 1. The van der Waals surface area contributed by atoms with E-state index in [4.69, 9.17) is 5.73 Å². The van der Waals surface area contributed by atoms with Crippen molar-refractivity contribution in [1.82, 2.24) is 5.32 Å². The fraction of sp³-hybridized carbons (Fsp3) is 0.588. The minimum atomic E-state index is -3.44. The number of sulfonamides is 1. The number of anilines is 1. The number of carbonyl (C=O) groups excluding carboxylic acids is 1. The molecule has 2 fully saturated rings.